The molecule has 6 nitrogen and oxygen atoms in total. The fourth-order valence-electron chi connectivity index (χ4n) is 3.99. The summed E-state index contributed by atoms with van der Waals surface area (Å²) in [5, 5.41) is 7.75. The minimum absolute atomic E-state index is 0.0237. The lowest BCUT2D eigenvalue weighted by atomic mass is 10.1. The van der Waals surface area contributed by atoms with Crippen molar-refractivity contribution < 1.29 is 14.4 Å². The Kier molecular flexibility index (Phi) is 6.21. The van der Waals surface area contributed by atoms with E-state index < -0.39 is 0 Å². The van der Waals surface area contributed by atoms with Crippen molar-refractivity contribution in [2.75, 3.05) is 23.3 Å². The molecule has 3 amide bonds. The maximum absolute atomic E-state index is 12.9. The summed E-state index contributed by atoms with van der Waals surface area (Å²) < 4.78 is 0. The van der Waals surface area contributed by atoms with Crippen molar-refractivity contribution in [2.24, 2.45) is 5.92 Å². The van der Waals surface area contributed by atoms with Gasteiger partial charge in [0.25, 0.3) is 11.8 Å². The van der Waals surface area contributed by atoms with Crippen molar-refractivity contribution in [1.29, 1.82) is 0 Å². The van der Waals surface area contributed by atoms with E-state index in [-0.39, 0.29) is 24.1 Å². The van der Waals surface area contributed by atoms with Crippen LogP contribution in [0.5, 0.6) is 0 Å². The van der Waals surface area contributed by atoms with E-state index in [0.29, 0.717) is 42.2 Å². The Morgan fingerprint density at radius 3 is 2.50 bits per heavy atom. The molecule has 32 heavy (non-hydrogen) atoms. The number of amides is 3. The van der Waals surface area contributed by atoms with Crippen molar-refractivity contribution >= 4 is 39.9 Å². The Bertz CT molecular complexity index is 1180. The first-order valence-corrected chi connectivity index (χ1v) is 11.0. The smallest absolute Gasteiger partial charge is 0.258 e. The maximum Gasteiger partial charge on any atom is 0.258 e. The standard InChI is InChI=1S/C26H27N3O3/c1-17(2)16-27-25(31)19-10-3-4-12-21(19)28-23(30)14-7-15-29-22-13-6-9-18-8-5-11-20(24(18)22)26(29)32/h3-6,8-13,17H,7,14-16H2,1-2H3,(H,27,31)(H,28,30). The van der Waals surface area contributed by atoms with E-state index >= 15 is 0 Å². The van der Waals surface area contributed by atoms with Gasteiger partial charge in [0, 0.05) is 30.5 Å². The Hall–Kier alpha value is -3.67. The third-order valence-corrected chi connectivity index (χ3v) is 5.55. The highest BCUT2D eigenvalue weighted by molar-refractivity contribution is 6.25. The number of anilines is 2. The molecule has 1 aliphatic rings. The molecule has 164 valence electrons. The normalized spacial score (nSPS) is 12.5. The molecule has 2 N–H and O–H groups in total. The van der Waals surface area contributed by atoms with Crippen LogP contribution in [0.15, 0.2) is 60.7 Å². The summed E-state index contributed by atoms with van der Waals surface area (Å²) in [5.74, 6) is -0.0741. The average molecular weight is 430 g/mol. The molecule has 0 bridgehead atoms. The predicted octanol–water partition coefficient (Wildman–Crippen LogP) is 4.60. The molecule has 1 heterocycles. The van der Waals surface area contributed by atoms with Gasteiger partial charge in [0.1, 0.15) is 0 Å². The second-order valence-corrected chi connectivity index (χ2v) is 8.44. The molecule has 3 aromatic rings. The van der Waals surface area contributed by atoms with Crippen LogP contribution in [0.2, 0.25) is 0 Å². The highest BCUT2D eigenvalue weighted by Gasteiger charge is 2.29. The monoisotopic (exact) mass is 429 g/mol. The highest BCUT2D eigenvalue weighted by Crippen LogP contribution is 2.37. The largest absolute Gasteiger partial charge is 0.352 e. The summed E-state index contributed by atoms with van der Waals surface area (Å²) in [5.41, 5.74) is 2.55. The van der Waals surface area contributed by atoms with Gasteiger partial charge in [-0.25, -0.2) is 0 Å². The van der Waals surface area contributed by atoms with Crippen LogP contribution in [0, 0.1) is 5.92 Å². The molecule has 0 radical (unpaired) electrons. The minimum Gasteiger partial charge on any atom is -0.352 e. The Labute approximate surface area is 187 Å². The van der Waals surface area contributed by atoms with Crippen molar-refractivity contribution in [3.05, 3.63) is 71.8 Å². The van der Waals surface area contributed by atoms with Gasteiger partial charge in [0.2, 0.25) is 5.91 Å². The molecule has 0 aliphatic carbocycles. The quantitative estimate of drug-likeness (QED) is 0.549. The molecule has 3 aromatic carbocycles. The lowest BCUT2D eigenvalue weighted by Gasteiger charge is -2.17. The Morgan fingerprint density at radius 2 is 1.72 bits per heavy atom. The molecule has 0 saturated heterocycles. The van der Waals surface area contributed by atoms with E-state index in [1.54, 1.807) is 29.2 Å². The number of carbonyl (C=O) groups is 3. The van der Waals surface area contributed by atoms with E-state index in [0.717, 1.165) is 16.5 Å². The summed E-state index contributed by atoms with van der Waals surface area (Å²) in [4.78, 5) is 39.6. The minimum atomic E-state index is -0.205. The molecular formula is C26H27N3O3. The first-order valence-electron chi connectivity index (χ1n) is 11.0. The fraction of sp³-hybridized carbons (Fsp3) is 0.269. The van der Waals surface area contributed by atoms with Crippen LogP contribution >= 0.6 is 0 Å². The Balaban J connectivity index is 1.37. The summed E-state index contributed by atoms with van der Waals surface area (Å²) >= 11 is 0. The molecule has 0 atom stereocenters. The number of nitrogens with one attached hydrogen (secondary N) is 2. The number of hydrogen-bond donors (Lipinski definition) is 2. The SMILES string of the molecule is CC(C)CNC(=O)c1ccccc1NC(=O)CCCN1C(=O)c2cccc3cccc1c23. The third kappa shape index (κ3) is 4.35. The van der Waals surface area contributed by atoms with Crippen LogP contribution < -0.4 is 15.5 Å². The van der Waals surface area contributed by atoms with Crippen molar-refractivity contribution in [2.45, 2.75) is 26.7 Å². The maximum atomic E-state index is 12.9. The van der Waals surface area contributed by atoms with Crippen molar-refractivity contribution in [3.8, 4) is 0 Å². The van der Waals surface area contributed by atoms with E-state index in [4.69, 9.17) is 0 Å². The number of rotatable bonds is 8. The summed E-state index contributed by atoms with van der Waals surface area (Å²) in [6.45, 7) is 5.08. The second kappa shape index (κ2) is 9.22. The van der Waals surface area contributed by atoms with Gasteiger partial charge in [-0.15, -0.1) is 0 Å². The first-order chi connectivity index (χ1) is 15.5. The number of para-hydroxylation sites is 1. The second-order valence-electron chi connectivity index (χ2n) is 8.44. The zero-order valence-corrected chi connectivity index (χ0v) is 18.4. The molecule has 0 spiro atoms. The van der Waals surface area contributed by atoms with E-state index in [1.165, 1.54) is 0 Å². The topological polar surface area (TPSA) is 78.5 Å². The van der Waals surface area contributed by atoms with Crippen LogP contribution in [0.3, 0.4) is 0 Å². The van der Waals surface area contributed by atoms with Gasteiger partial charge in [-0.3, -0.25) is 14.4 Å². The molecule has 0 unspecified atom stereocenters. The third-order valence-electron chi connectivity index (χ3n) is 5.55. The molecule has 0 fully saturated rings. The molecule has 0 aromatic heterocycles. The Morgan fingerprint density at radius 1 is 0.969 bits per heavy atom. The number of hydrogen-bond acceptors (Lipinski definition) is 3. The van der Waals surface area contributed by atoms with Crippen LogP contribution in [-0.4, -0.2) is 30.8 Å². The fourth-order valence-corrected chi connectivity index (χ4v) is 3.99. The van der Waals surface area contributed by atoms with Gasteiger partial charge in [0.05, 0.1) is 16.9 Å². The van der Waals surface area contributed by atoms with Crippen LogP contribution in [-0.2, 0) is 4.79 Å². The van der Waals surface area contributed by atoms with Gasteiger partial charge in [0.15, 0.2) is 0 Å². The van der Waals surface area contributed by atoms with E-state index in [1.807, 2.05) is 50.2 Å². The van der Waals surface area contributed by atoms with Gasteiger partial charge < -0.3 is 15.5 Å². The number of benzene rings is 3. The van der Waals surface area contributed by atoms with E-state index in [2.05, 4.69) is 10.6 Å². The lowest BCUT2D eigenvalue weighted by molar-refractivity contribution is -0.116. The van der Waals surface area contributed by atoms with Crippen molar-refractivity contribution in [3.63, 3.8) is 0 Å². The average Bonchev–Trinajstić information content (AvgIpc) is 3.06. The first kappa shape index (κ1) is 21.6. The molecule has 1 aliphatic heterocycles. The lowest BCUT2D eigenvalue weighted by Crippen LogP contribution is -2.29. The van der Waals surface area contributed by atoms with Gasteiger partial charge in [-0.2, -0.15) is 0 Å². The van der Waals surface area contributed by atoms with Gasteiger partial charge >= 0.3 is 0 Å². The highest BCUT2D eigenvalue weighted by atomic mass is 16.2. The van der Waals surface area contributed by atoms with Gasteiger partial charge in [-0.1, -0.05) is 50.2 Å². The molecule has 6 heteroatoms. The molecular weight excluding hydrogens is 402 g/mol. The van der Waals surface area contributed by atoms with Crippen LogP contribution in [0.1, 0.15) is 47.4 Å². The number of carbonyl (C=O) groups excluding carboxylic acids is 3. The number of nitrogens with zero attached hydrogens (tertiary/aromatic N) is 1. The van der Waals surface area contributed by atoms with E-state index in [9.17, 15) is 14.4 Å². The molecule has 4 rings (SSSR count). The zero-order chi connectivity index (χ0) is 22.7. The zero-order valence-electron chi connectivity index (χ0n) is 18.4. The predicted molar refractivity (Wildman–Crippen MR) is 127 cm³/mol. The summed E-state index contributed by atoms with van der Waals surface area (Å²) in [7, 11) is 0. The molecule has 0 saturated carbocycles. The van der Waals surface area contributed by atoms with Gasteiger partial charge in [-0.05, 0) is 42.0 Å². The van der Waals surface area contributed by atoms with Crippen LogP contribution in [0.25, 0.3) is 10.8 Å². The summed E-state index contributed by atoms with van der Waals surface area (Å²) in [6.07, 6.45) is 0.766. The summed E-state index contributed by atoms with van der Waals surface area (Å²) in [6, 6.07) is 18.6. The van der Waals surface area contributed by atoms with Crippen molar-refractivity contribution in [1.82, 2.24) is 5.32 Å². The van der Waals surface area contributed by atoms with Crippen LogP contribution in [0.4, 0.5) is 11.4 Å².